The Kier molecular flexibility index (Phi) is 6.69. The Morgan fingerprint density at radius 1 is 1.04 bits per heavy atom. The molecule has 24 heavy (non-hydrogen) atoms. The lowest BCUT2D eigenvalue weighted by Crippen LogP contribution is -2.50. The highest BCUT2D eigenvalue weighted by molar-refractivity contribution is 5.15. The summed E-state index contributed by atoms with van der Waals surface area (Å²) in [5.41, 5.74) is 1.42. The van der Waals surface area contributed by atoms with Gasteiger partial charge in [-0.05, 0) is 49.6 Å². The van der Waals surface area contributed by atoms with Gasteiger partial charge in [0.2, 0.25) is 0 Å². The normalized spacial score (nSPS) is 26.1. The highest BCUT2D eigenvalue weighted by Gasteiger charge is 2.27. The van der Waals surface area contributed by atoms with E-state index in [0.29, 0.717) is 18.5 Å². The van der Waals surface area contributed by atoms with Gasteiger partial charge in [-0.3, -0.25) is 4.90 Å². The fourth-order valence-corrected chi connectivity index (χ4v) is 4.50. The molecule has 2 fully saturated rings. The fourth-order valence-electron chi connectivity index (χ4n) is 4.50. The zero-order valence-corrected chi connectivity index (χ0v) is 14.8. The maximum absolute atomic E-state index is 9.10. The van der Waals surface area contributed by atoms with Gasteiger partial charge in [0.05, 0.1) is 12.6 Å². The first-order chi connectivity index (χ1) is 11.8. The van der Waals surface area contributed by atoms with Gasteiger partial charge in [0.25, 0.3) is 0 Å². The second kappa shape index (κ2) is 9.20. The summed E-state index contributed by atoms with van der Waals surface area (Å²) in [5, 5.41) is 12.9. The molecule has 1 aliphatic carbocycles. The minimum Gasteiger partial charge on any atom is -0.312 e. The lowest BCUT2D eigenvalue weighted by molar-refractivity contribution is 0.150. The van der Waals surface area contributed by atoms with Crippen LogP contribution >= 0.6 is 0 Å². The Labute approximate surface area is 147 Å². The molecule has 0 bridgehead atoms. The number of nitrogens with one attached hydrogen (secondary N) is 1. The third kappa shape index (κ3) is 5.33. The van der Waals surface area contributed by atoms with E-state index in [1.807, 2.05) is 0 Å². The molecule has 0 aromatic heterocycles. The largest absolute Gasteiger partial charge is 0.312 e. The standard InChI is InChI=1S/C21H31N3/c22-11-12-24-16-20(13-18-7-3-1-4-8-18)14-21(17-24)23-15-19-9-5-2-6-10-19/h1,3-4,7-8,19-21,23H,2,5-6,9-10,12-17H2. The molecule has 1 aromatic rings. The fraction of sp³-hybridized carbons (Fsp3) is 0.667. The molecule has 130 valence electrons. The van der Waals surface area contributed by atoms with E-state index in [9.17, 15) is 0 Å². The minimum atomic E-state index is 0.544. The van der Waals surface area contributed by atoms with Crippen molar-refractivity contribution in [3.05, 3.63) is 35.9 Å². The van der Waals surface area contributed by atoms with Gasteiger partial charge < -0.3 is 5.32 Å². The van der Waals surface area contributed by atoms with Crippen molar-refractivity contribution in [3.63, 3.8) is 0 Å². The molecule has 2 atom stereocenters. The molecule has 2 aliphatic rings. The van der Waals surface area contributed by atoms with Crippen molar-refractivity contribution in [2.75, 3.05) is 26.2 Å². The second-order valence-corrected chi connectivity index (χ2v) is 7.75. The van der Waals surface area contributed by atoms with E-state index in [0.717, 1.165) is 25.4 Å². The van der Waals surface area contributed by atoms with Crippen LogP contribution in [0.15, 0.2) is 30.3 Å². The predicted molar refractivity (Wildman–Crippen MR) is 98.7 cm³/mol. The molecule has 0 radical (unpaired) electrons. The average molecular weight is 326 g/mol. The summed E-state index contributed by atoms with van der Waals surface area (Å²) < 4.78 is 0. The van der Waals surface area contributed by atoms with Crippen LogP contribution in [-0.2, 0) is 6.42 Å². The monoisotopic (exact) mass is 325 g/mol. The first-order valence-corrected chi connectivity index (χ1v) is 9.70. The Morgan fingerprint density at radius 3 is 2.58 bits per heavy atom. The van der Waals surface area contributed by atoms with E-state index in [1.54, 1.807) is 0 Å². The van der Waals surface area contributed by atoms with Crippen LogP contribution in [0.3, 0.4) is 0 Å². The zero-order valence-electron chi connectivity index (χ0n) is 14.8. The third-order valence-electron chi connectivity index (χ3n) is 5.69. The molecule has 3 nitrogen and oxygen atoms in total. The van der Waals surface area contributed by atoms with E-state index in [2.05, 4.69) is 46.6 Å². The molecule has 1 saturated carbocycles. The van der Waals surface area contributed by atoms with Crippen molar-refractivity contribution in [1.82, 2.24) is 10.2 Å². The number of hydrogen-bond donors (Lipinski definition) is 1. The van der Waals surface area contributed by atoms with Gasteiger partial charge in [-0.2, -0.15) is 5.26 Å². The second-order valence-electron chi connectivity index (χ2n) is 7.75. The predicted octanol–water partition coefficient (Wildman–Crippen LogP) is 3.61. The lowest BCUT2D eigenvalue weighted by Gasteiger charge is -2.38. The summed E-state index contributed by atoms with van der Waals surface area (Å²) >= 11 is 0. The number of likely N-dealkylation sites (tertiary alicyclic amines) is 1. The average Bonchev–Trinajstić information content (AvgIpc) is 2.62. The van der Waals surface area contributed by atoms with Gasteiger partial charge in [-0.25, -0.2) is 0 Å². The third-order valence-corrected chi connectivity index (χ3v) is 5.69. The Bertz CT molecular complexity index is 516. The summed E-state index contributed by atoms with van der Waals surface area (Å²) in [7, 11) is 0. The van der Waals surface area contributed by atoms with Gasteiger partial charge in [-0.15, -0.1) is 0 Å². The van der Waals surface area contributed by atoms with Crippen LogP contribution in [0.1, 0.15) is 44.1 Å². The minimum absolute atomic E-state index is 0.544. The van der Waals surface area contributed by atoms with Gasteiger partial charge in [-0.1, -0.05) is 49.6 Å². The summed E-state index contributed by atoms with van der Waals surface area (Å²) in [6, 6.07) is 13.7. The summed E-state index contributed by atoms with van der Waals surface area (Å²) in [6.07, 6.45) is 9.41. The Hall–Kier alpha value is -1.37. The van der Waals surface area contributed by atoms with Crippen LogP contribution in [0.2, 0.25) is 0 Å². The van der Waals surface area contributed by atoms with Crippen LogP contribution in [0, 0.1) is 23.2 Å². The molecule has 1 heterocycles. The molecule has 0 amide bonds. The summed E-state index contributed by atoms with van der Waals surface area (Å²) in [5.74, 6) is 1.52. The smallest absolute Gasteiger partial charge is 0.0866 e. The molecule has 3 heteroatoms. The molecule has 3 rings (SSSR count). The van der Waals surface area contributed by atoms with Gasteiger partial charge in [0.1, 0.15) is 0 Å². The zero-order chi connectivity index (χ0) is 16.6. The molecule has 1 saturated heterocycles. The van der Waals surface area contributed by atoms with E-state index < -0.39 is 0 Å². The van der Waals surface area contributed by atoms with E-state index in [4.69, 9.17) is 5.26 Å². The van der Waals surface area contributed by atoms with E-state index in [1.165, 1.54) is 50.6 Å². The Balaban J connectivity index is 1.53. The number of benzene rings is 1. The van der Waals surface area contributed by atoms with Crippen molar-refractivity contribution in [2.24, 2.45) is 11.8 Å². The molecular weight excluding hydrogens is 294 g/mol. The summed E-state index contributed by atoms with van der Waals surface area (Å²) in [4.78, 5) is 2.34. The lowest BCUT2D eigenvalue weighted by atomic mass is 9.87. The number of nitrogens with zero attached hydrogens (tertiary/aromatic N) is 2. The SMILES string of the molecule is N#CCN1CC(Cc2ccccc2)CC(NCC2CCCCC2)C1. The molecule has 1 N–H and O–H groups in total. The molecule has 1 aliphatic heterocycles. The highest BCUT2D eigenvalue weighted by Crippen LogP contribution is 2.25. The van der Waals surface area contributed by atoms with Crippen LogP contribution in [-0.4, -0.2) is 37.1 Å². The summed E-state index contributed by atoms with van der Waals surface area (Å²) in [6.45, 7) is 3.83. The number of nitriles is 1. The first-order valence-electron chi connectivity index (χ1n) is 9.70. The van der Waals surface area contributed by atoms with Crippen molar-refractivity contribution in [3.8, 4) is 6.07 Å². The van der Waals surface area contributed by atoms with Crippen LogP contribution in [0.5, 0.6) is 0 Å². The van der Waals surface area contributed by atoms with E-state index in [-0.39, 0.29) is 0 Å². The quantitative estimate of drug-likeness (QED) is 0.812. The van der Waals surface area contributed by atoms with Crippen molar-refractivity contribution < 1.29 is 0 Å². The van der Waals surface area contributed by atoms with Crippen molar-refractivity contribution >= 4 is 0 Å². The van der Waals surface area contributed by atoms with E-state index >= 15 is 0 Å². The van der Waals surface area contributed by atoms with Crippen LogP contribution in [0.4, 0.5) is 0 Å². The maximum Gasteiger partial charge on any atom is 0.0866 e. The van der Waals surface area contributed by atoms with Gasteiger partial charge >= 0.3 is 0 Å². The molecular formula is C21H31N3. The number of piperidine rings is 1. The first kappa shape index (κ1) is 17.5. The van der Waals surface area contributed by atoms with Gasteiger partial charge in [0, 0.05) is 19.1 Å². The van der Waals surface area contributed by atoms with Crippen LogP contribution < -0.4 is 5.32 Å². The van der Waals surface area contributed by atoms with Crippen molar-refractivity contribution in [1.29, 1.82) is 5.26 Å². The van der Waals surface area contributed by atoms with Crippen LogP contribution in [0.25, 0.3) is 0 Å². The highest BCUT2D eigenvalue weighted by atomic mass is 15.2. The number of hydrogen-bond acceptors (Lipinski definition) is 3. The molecule has 2 unspecified atom stereocenters. The topological polar surface area (TPSA) is 39.1 Å². The molecule has 0 spiro atoms. The number of rotatable bonds is 6. The van der Waals surface area contributed by atoms with Crippen molar-refractivity contribution in [2.45, 2.75) is 51.0 Å². The van der Waals surface area contributed by atoms with Gasteiger partial charge in [0.15, 0.2) is 0 Å². The maximum atomic E-state index is 9.10. The Morgan fingerprint density at radius 2 is 1.83 bits per heavy atom. The molecule has 1 aromatic carbocycles.